The molecular weight excluding hydrogens is 362 g/mol. The van der Waals surface area contributed by atoms with Gasteiger partial charge in [-0.2, -0.15) is 5.10 Å². The quantitative estimate of drug-likeness (QED) is 0.350. The number of ketones is 1. The van der Waals surface area contributed by atoms with Crippen LogP contribution in [0.3, 0.4) is 0 Å². The molecule has 0 bridgehead atoms. The van der Waals surface area contributed by atoms with Gasteiger partial charge in [0, 0.05) is 18.0 Å². The van der Waals surface area contributed by atoms with Crippen LogP contribution in [0.2, 0.25) is 0 Å². The smallest absolute Gasteiger partial charge is 0.197 e. The molecular formula is C20H15N3OS2. The first-order chi connectivity index (χ1) is 12.8. The van der Waals surface area contributed by atoms with E-state index in [9.17, 15) is 4.79 Å². The molecule has 0 radical (unpaired) electrons. The second-order valence-electron chi connectivity index (χ2n) is 5.66. The van der Waals surface area contributed by atoms with Gasteiger partial charge in [0.15, 0.2) is 5.78 Å². The van der Waals surface area contributed by atoms with Gasteiger partial charge in [-0.3, -0.25) is 14.5 Å². The van der Waals surface area contributed by atoms with Gasteiger partial charge >= 0.3 is 0 Å². The van der Waals surface area contributed by atoms with E-state index in [1.165, 1.54) is 16.9 Å². The lowest BCUT2D eigenvalue weighted by Crippen LogP contribution is -1.99. The van der Waals surface area contributed by atoms with Crippen molar-refractivity contribution < 1.29 is 4.79 Å². The van der Waals surface area contributed by atoms with Crippen LogP contribution in [0.5, 0.6) is 0 Å². The summed E-state index contributed by atoms with van der Waals surface area (Å²) in [6.45, 7) is 0.690. The van der Waals surface area contributed by atoms with E-state index >= 15 is 0 Å². The summed E-state index contributed by atoms with van der Waals surface area (Å²) in [7, 11) is 0. The Labute approximate surface area is 159 Å². The molecule has 0 saturated heterocycles. The number of thiazole rings is 1. The molecule has 0 atom stereocenters. The minimum Gasteiger partial charge on any atom is -0.288 e. The fraction of sp³-hybridized carbons (Fsp3) is 0.0500. The fourth-order valence-electron chi connectivity index (χ4n) is 2.60. The van der Waals surface area contributed by atoms with E-state index in [1.54, 1.807) is 29.1 Å². The lowest BCUT2D eigenvalue weighted by Gasteiger charge is -2.00. The van der Waals surface area contributed by atoms with Crippen molar-refractivity contribution in [1.29, 1.82) is 0 Å². The molecule has 0 unspecified atom stereocenters. The number of carbonyl (C=O) groups is 1. The zero-order chi connectivity index (χ0) is 17.8. The maximum Gasteiger partial charge on any atom is 0.197 e. The number of hydrogen-bond donors (Lipinski definition) is 0. The molecule has 4 aromatic rings. The van der Waals surface area contributed by atoms with Crippen molar-refractivity contribution in [1.82, 2.24) is 14.8 Å². The summed E-state index contributed by atoms with van der Waals surface area (Å²) in [4.78, 5) is 17.9. The Morgan fingerprint density at radius 2 is 2.00 bits per heavy atom. The molecule has 0 spiro atoms. The Hall–Kier alpha value is -2.83. The summed E-state index contributed by atoms with van der Waals surface area (Å²) in [5.41, 5.74) is 4.67. The molecule has 0 amide bonds. The molecule has 4 nitrogen and oxygen atoms in total. The first kappa shape index (κ1) is 16.6. The predicted octanol–water partition coefficient (Wildman–Crippen LogP) is 5.01. The predicted molar refractivity (Wildman–Crippen MR) is 107 cm³/mol. The molecule has 0 saturated carbocycles. The fourth-order valence-corrected chi connectivity index (χ4v) is 3.87. The number of benzene rings is 1. The molecule has 0 fully saturated rings. The minimum atomic E-state index is -0.0413. The zero-order valence-corrected chi connectivity index (χ0v) is 15.4. The van der Waals surface area contributed by atoms with Crippen LogP contribution in [0.25, 0.3) is 16.6 Å². The molecule has 0 N–H and O–H groups in total. The molecule has 0 aliphatic heterocycles. The summed E-state index contributed by atoms with van der Waals surface area (Å²) in [6, 6.07) is 14.3. The molecule has 0 aliphatic rings. The van der Waals surface area contributed by atoms with Crippen molar-refractivity contribution in [2.45, 2.75) is 6.54 Å². The Bertz CT molecular complexity index is 1020. The molecule has 26 heavy (non-hydrogen) atoms. The van der Waals surface area contributed by atoms with Gasteiger partial charge in [0.1, 0.15) is 5.69 Å². The average Bonchev–Trinajstić information content (AvgIpc) is 3.41. The topological polar surface area (TPSA) is 47.8 Å². The van der Waals surface area contributed by atoms with E-state index in [0.717, 1.165) is 16.1 Å². The number of thiophene rings is 1. The van der Waals surface area contributed by atoms with Gasteiger partial charge in [0.05, 0.1) is 21.8 Å². The number of rotatable bonds is 6. The monoisotopic (exact) mass is 377 g/mol. The Kier molecular flexibility index (Phi) is 4.86. The zero-order valence-electron chi connectivity index (χ0n) is 13.8. The maximum absolute atomic E-state index is 12.2. The van der Waals surface area contributed by atoms with Crippen molar-refractivity contribution in [3.63, 3.8) is 0 Å². The van der Waals surface area contributed by atoms with Crippen molar-refractivity contribution in [3.8, 4) is 10.6 Å². The van der Waals surface area contributed by atoms with E-state index in [2.05, 4.69) is 17.1 Å². The third kappa shape index (κ3) is 3.71. The highest BCUT2D eigenvalue weighted by atomic mass is 32.1. The summed E-state index contributed by atoms with van der Waals surface area (Å²) in [6.07, 6.45) is 7.01. The number of allylic oxidation sites excluding steroid dienone is 1. The van der Waals surface area contributed by atoms with Crippen molar-refractivity contribution in [3.05, 3.63) is 87.8 Å². The van der Waals surface area contributed by atoms with Crippen LogP contribution in [0, 0.1) is 0 Å². The molecule has 0 aliphatic carbocycles. The number of aromatic nitrogens is 3. The van der Waals surface area contributed by atoms with Crippen LogP contribution in [0.4, 0.5) is 0 Å². The number of hydrogen-bond acceptors (Lipinski definition) is 5. The van der Waals surface area contributed by atoms with Crippen LogP contribution in [-0.2, 0) is 6.54 Å². The van der Waals surface area contributed by atoms with Crippen molar-refractivity contribution in [2.24, 2.45) is 0 Å². The first-order valence-electron chi connectivity index (χ1n) is 8.06. The second kappa shape index (κ2) is 7.59. The van der Waals surface area contributed by atoms with Gasteiger partial charge in [0.25, 0.3) is 0 Å². The lowest BCUT2D eigenvalue weighted by molar-refractivity contribution is 0.105. The molecule has 1 aromatic carbocycles. The summed E-state index contributed by atoms with van der Waals surface area (Å²) < 4.78 is 1.92. The van der Waals surface area contributed by atoms with Gasteiger partial charge in [-0.25, -0.2) is 0 Å². The van der Waals surface area contributed by atoms with Crippen molar-refractivity contribution in [2.75, 3.05) is 0 Å². The Balaban J connectivity index is 1.65. The Morgan fingerprint density at radius 1 is 1.12 bits per heavy atom. The largest absolute Gasteiger partial charge is 0.288 e. The molecule has 128 valence electrons. The standard InChI is InChI=1S/C20H15N3OS2/c24-17(19-11-21-14-26-19)9-8-16-13-23(12-15-5-2-1-3-6-15)22-20(16)18-7-4-10-25-18/h1-11,13-14H,12H2/b9-8+. The number of carbonyl (C=O) groups excluding carboxylic acids is 1. The van der Waals surface area contributed by atoms with Gasteiger partial charge in [0.2, 0.25) is 0 Å². The van der Waals surface area contributed by atoms with Gasteiger partial charge in [-0.05, 0) is 29.2 Å². The SMILES string of the molecule is O=C(/C=C/c1cn(Cc2ccccc2)nc1-c1cccs1)c1cncs1. The lowest BCUT2D eigenvalue weighted by atomic mass is 10.2. The minimum absolute atomic E-state index is 0.0413. The average molecular weight is 377 g/mol. The second-order valence-corrected chi connectivity index (χ2v) is 7.49. The van der Waals surface area contributed by atoms with Crippen LogP contribution in [-0.4, -0.2) is 20.5 Å². The van der Waals surface area contributed by atoms with Gasteiger partial charge in [-0.1, -0.05) is 36.4 Å². The highest BCUT2D eigenvalue weighted by molar-refractivity contribution is 7.13. The highest BCUT2D eigenvalue weighted by Crippen LogP contribution is 2.28. The summed E-state index contributed by atoms with van der Waals surface area (Å²) in [5.74, 6) is -0.0413. The Morgan fingerprint density at radius 3 is 2.73 bits per heavy atom. The van der Waals surface area contributed by atoms with Gasteiger partial charge < -0.3 is 0 Å². The van der Waals surface area contributed by atoms with Gasteiger partial charge in [-0.15, -0.1) is 22.7 Å². The first-order valence-corrected chi connectivity index (χ1v) is 9.82. The van der Waals surface area contributed by atoms with E-state index in [-0.39, 0.29) is 5.78 Å². The molecule has 3 heterocycles. The van der Waals surface area contributed by atoms with Crippen LogP contribution < -0.4 is 0 Å². The maximum atomic E-state index is 12.2. The summed E-state index contributed by atoms with van der Waals surface area (Å²) >= 11 is 2.98. The van der Waals surface area contributed by atoms with Crippen LogP contribution in [0.15, 0.2) is 71.8 Å². The third-order valence-corrected chi connectivity index (χ3v) is 5.49. The highest BCUT2D eigenvalue weighted by Gasteiger charge is 2.11. The number of nitrogens with zero attached hydrogens (tertiary/aromatic N) is 3. The normalized spacial score (nSPS) is 11.2. The summed E-state index contributed by atoms with van der Waals surface area (Å²) in [5, 5.41) is 6.77. The van der Waals surface area contributed by atoms with Crippen LogP contribution >= 0.6 is 22.7 Å². The molecule has 3 aromatic heterocycles. The van der Waals surface area contributed by atoms with E-state index < -0.39 is 0 Å². The third-order valence-electron chi connectivity index (χ3n) is 3.82. The molecule has 4 rings (SSSR count). The van der Waals surface area contributed by atoms with Crippen LogP contribution in [0.1, 0.15) is 20.8 Å². The van der Waals surface area contributed by atoms with E-state index in [0.29, 0.717) is 11.4 Å². The van der Waals surface area contributed by atoms with E-state index in [1.807, 2.05) is 52.7 Å². The molecule has 6 heteroatoms. The van der Waals surface area contributed by atoms with Crippen molar-refractivity contribution >= 4 is 34.5 Å². The van der Waals surface area contributed by atoms with E-state index in [4.69, 9.17) is 5.10 Å².